The van der Waals surface area contributed by atoms with Crippen molar-refractivity contribution < 1.29 is 18.6 Å². The fourth-order valence-electron chi connectivity index (χ4n) is 1.50. The molecule has 1 aromatic carbocycles. The van der Waals surface area contributed by atoms with E-state index in [1.807, 2.05) is 6.92 Å². The summed E-state index contributed by atoms with van der Waals surface area (Å²) in [6, 6.07) is 6.07. The highest BCUT2D eigenvalue weighted by Gasteiger charge is 2.41. The monoisotopic (exact) mass is 268 g/mol. The summed E-state index contributed by atoms with van der Waals surface area (Å²) in [5.74, 6) is 2.25. The van der Waals surface area contributed by atoms with Crippen molar-refractivity contribution in [3.8, 4) is 12.3 Å². The Bertz CT molecular complexity index is 539. The Morgan fingerprint density at radius 1 is 1.33 bits per heavy atom. The largest absolute Gasteiger partial charge is 0.392 e. The van der Waals surface area contributed by atoms with Gasteiger partial charge in [0.15, 0.2) is 4.93 Å². The molecule has 4 nitrogen and oxygen atoms in total. The average Bonchev–Trinajstić information content (AvgIpc) is 2.36. The van der Waals surface area contributed by atoms with E-state index in [1.54, 1.807) is 12.1 Å². The van der Waals surface area contributed by atoms with Crippen molar-refractivity contribution >= 4 is 9.84 Å². The second-order valence-electron chi connectivity index (χ2n) is 4.12. The van der Waals surface area contributed by atoms with Gasteiger partial charge < -0.3 is 10.2 Å². The maximum absolute atomic E-state index is 12.2. The molecule has 0 aliphatic carbocycles. The van der Waals surface area contributed by atoms with Gasteiger partial charge in [0.1, 0.15) is 0 Å². The molecule has 0 aromatic heterocycles. The second kappa shape index (κ2) is 5.53. The van der Waals surface area contributed by atoms with Crippen molar-refractivity contribution in [2.75, 3.05) is 6.61 Å². The van der Waals surface area contributed by atoms with Crippen LogP contribution in [-0.4, -0.2) is 30.2 Å². The number of terminal acetylenes is 1. The number of aliphatic hydroxyl groups is 2. The van der Waals surface area contributed by atoms with Gasteiger partial charge in [-0.15, -0.1) is 12.3 Å². The van der Waals surface area contributed by atoms with Crippen LogP contribution in [0.5, 0.6) is 0 Å². The minimum atomic E-state index is -4.03. The first-order valence-corrected chi connectivity index (χ1v) is 6.94. The molecule has 0 heterocycles. The first kappa shape index (κ1) is 14.7. The highest BCUT2D eigenvalue weighted by atomic mass is 32.2. The molecule has 1 atom stereocenters. The van der Waals surface area contributed by atoms with E-state index in [9.17, 15) is 13.5 Å². The summed E-state index contributed by atoms with van der Waals surface area (Å²) in [4.78, 5) is -2.25. The van der Waals surface area contributed by atoms with Gasteiger partial charge in [0.25, 0.3) is 0 Å². The van der Waals surface area contributed by atoms with Gasteiger partial charge in [-0.3, -0.25) is 0 Å². The number of aryl methyl sites for hydroxylation is 1. The maximum Gasteiger partial charge on any atom is 0.210 e. The molecule has 0 aliphatic heterocycles. The van der Waals surface area contributed by atoms with Crippen LogP contribution in [0.3, 0.4) is 0 Å². The Kier molecular flexibility index (Phi) is 4.52. The van der Waals surface area contributed by atoms with E-state index < -0.39 is 21.4 Å². The zero-order valence-electron chi connectivity index (χ0n) is 10.1. The van der Waals surface area contributed by atoms with Crippen molar-refractivity contribution in [3.05, 3.63) is 29.8 Å². The number of sulfone groups is 1. The molecule has 1 unspecified atom stereocenters. The van der Waals surface area contributed by atoms with Gasteiger partial charge in [0, 0.05) is 12.8 Å². The molecule has 0 bridgehead atoms. The molecule has 18 heavy (non-hydrogen) atoms. The highest BCUT2D eigenvalue weighted by Crippen LogP contribution is 2.27. The van der Waals surface area contributed by atoms with E-state index in [-0.39, 0.29) is 17.7 Å². The van der Waals surface area contributed by atoms with Crippen LogP contribution in [0.1, 0.15) is 18.4 Å². The minimum Gasteiger partial charge on any atom is -0.392 e. The molecule has 1 rings (SSSR count). The molecule has 1 aromatic rings. The molecule has 0 fully saturated rings. The van der Waals surface area contributed by atoms with Crippen molar-refractivity contribution in [2.45, 2.75) is 29.6 Å². The topological polar surface area (TPSA) is 74.6 Å². The SMILES string of the molecule is C#CCCC(O)(CO)S(=O)(=O)c1ccc(C)cc1. The lowest BCUT2D eigenvalue weighted by molar-refractivity contribution is 0.0498. The molecule has 5 heteroatoms. The zero-order chi connectivity index (χ0) is 13.8. The molecule has 0 amide bonds. The van der Waals surface area contributed by atoms with Crippen LogP contribution < -0.4 is 0 Å². The number of aliphatic hydroxyl groups excluding tert-OH is 1. The summed E-state index contributed by atoms with van der Waals surface area (Å²) in [6.45, 7) is 0.942. The summed E-state index contributed by atoms with van der Waals surface area (Å²) in [7, 11) is -4.03. The quantitative estimate of drug-likeness (QED) is 0.777. The normalized spacial score (nSPS) is 14.8. The lowest BCUT2D eigenvalue weighted by Gasteiger charge is -2.25. The van der Waals surface area contributed by atoms with Gasteiger partial charge in [-0.2, -0.15) is 0 Å². The summed E-state index contributed by atoms with van der Waals surface area (Å²) in [5, 5.41) is 19.2. The third kappa shape index (κ3) is 2.72. The van der Waals surface area contributed by atoms with E-state index in [4.69, 9.17) is 11.5 Å². The van der Waals surface area contributed by atoms with Gasteiger partial charge in [0.05, 0.1) is 11.5 Å². The number of rotatable bonds is 5. The predicted octanol–water partition coefficient (Wildman–Crippen LogP) is 0.863. The first-order chi connectivity index (χ1) is 8.37. The molecule has 0 spiro atoms. The maximum atomic E-state index is 12.2. The third-order valence-electron chi connectivity index (χ3n) is 2.74. The lowest BCUT2D eigenvalue weighted by Crippen LogP contribution is -2.42. The van der Waals surface area contributed by atoms with Crippen molar-refractivity contribution in [2.24, 2.45) is 0 Å². The van der Waals surface area contributed by atoms with Crippen LogP contribution in [0, 0.1) is 19.3 Å². The van der Waals surface area contributed by atoms with Gasteiger partial charge in [-0.05, 0) is 19.1 Å². The number of benzene rings is 1. The smallest absolute Gasteiger partial charge is 0.210 e. The molecular weight excluding hydrogens is 252 g/mol. The van der Waals surface area contributed by atoms with E-state index in [0.717, 1.165) is 5.56 Å². The zero-order valence-corrected chi connectivity index (χ0v) is 10.9. The van der Waals surface area contributed by atoms with Crippen LogP contribution in [0.4, 0.5) is 0 Å². The molecule has 98 valence electrons. The van der Waals surface area contributed by atoms with Crippen molar-refractivity contribution in [3.63, 3.8) is 0 Å². The Hall–Kier alpha value is -1.35. The Morgan fingerprint density at radius 2 is 1.89 bits per heavy atom. The predicted molar refractivity (Wildman–Crippen MR) is 68.5 cm³/mol. The van der Waals surface area contributed by atoms with Crippen LogP contribution >= 0.6 is 0 Å². The Balaban J connectivity index is 3.19. The number of hydrogen-bond acceptors (Lipinski definition) is 4. The molecule has 0 radical (unpaired) electrons. The summed E-state index contributed by atoms with van der Waals surface area (Å²) < 4.78 is 24.4. The molecular formula is C13H16O4S. The van der Waals surface area contributed by atoms with Crippen LogP contribution in [0.2, 0.25) is 0 Å². The summed E-state index contributed by atoms with van der Waals surface area (Å²) in [6.07, 6.45) is 4.93. The Labute approximate surface area is 107 Å². The van der Waals surface area contributed by atoms with Gasteiger partial charge in [-0.1, -0.05) is 17.7 Å². The molecule has 0 saturated carbocycles. The van der Waals surface area contributed by atoms with Crippen LogP contribution in [-0.2, 0) is 9.84 Å². The van der Waals surface area contributed by atoms with Crippen molar-refractivity contribution in [1.82, 2.24) is 0 Å². The average molecular weight is 268 g/mol. The second-order valence-corrected chi connectivity index (χ2v) is 6.36. The van der Waals surface area contributed by atoms with Crippen LogP contribution in [0.25, 0.3) is 0 Å². The van der Waals surface area contributed by atoms with Gasteiger partial charge >= 0.3 is 0 Å². The molecule has 2 N–H and O–H groups in total. The number of hydrogen-bond donors (Lipinski definition) is 2. The van der Waals surface area contributed by atoms with E-state index >= 15 is 0 Å². The van der Waals surface area contributed by atoms with Gasteiger partial charge in [0.2, 0.25) is 9.84 Å². The first-order valence-electron chi connectivity index (χ1n) is 5.45. The fraction of sp³-hybridized carbons (Fsp3) is 0.385. The van der Waals surface area contributed by atoms with Gasteiger partial charge in [-0.25, -0.2) is 8.42 Å². The summed E-state index contributed by atoms with van der Waals surface area (Å²) in [5.41, 5.74) is 0.908. The standard InChI is InChI=1S/C13H16O4S/c1-3-4-9-13(15,10-14)18(16,17)12-7-5-11(2)6-8-12/h1,5-8,14-15H,4,9-10H2,2H3. The molecule has 0 aliphatic rings. The highest BCUT2D eigenvalue weighted by molar-refractivity contribution is 7.92. The van der Waals surface area contributed by atoms with E-state index in [0.29, 0.717) is 0 Å². The van der Waals surface area contributed by atoms with E-state index in [1.165, 1.54) is 12.1 Å². The lowest BCUT2D eigenvalue weighted by atomic mass is 10.2. The Morgan fingerprint density at radius 3 is 2.33 bits per heavy atom. The van der Waals surface area contributed by atoms with E-state index in [2.05, 4.69) is 5.92 Å². The fourth-order valence-corrected chi connectivity index (χ4v) is 2.98. The third-order valence-corrected chi connectivity index (χ3v) is 4.96. The molecule has 0 saturated heterocycles. The minimum absolute atomic E-state index is 0.0262. The van der Waals surface area contributed by atoms with Crippen molar-refractivity contribution in [1.29, 1.82) is 0 Å². The summed E-state index contributed by atoms with van der Waals surface area (Å²) >= 11 is 0. The van der Waals surface area contributed by atoms with Crippen LogP contribution in [0.15, 0.2) is 29.2 Å².